The van der Waals surface area contributed by atoms with Crippen LogP contribution in [0.3, 0.4) is 0 Å². The molecule has 1 aliphatic heterocycles. The van der Waals surface area contributed by atoms with Gasteiger partial charge in [-0.25, -0.2) is 9.59 Å². The first-order chi connectivity index (χ1) is 11.8. The van der Waals surface area contributed by atoms with Crippen LogP contribution in [-0.2, 0) is 14.3 Å². The van der Waals surface area contributed by atoms with Gasteiger partial charge in [0, 0.05) is 19.0 Å². The van der Waals surface area contributed by atoms with Crippen LogP contribution in [-0.4, -0.2) is 53.2 Å². The van der Waals surface area contributed by atoms with Crippen molar-refractivity contribution in [3.05, 3.63) is 0 Å². The van der Waals surface area contributed by atoms with E-state index in [4.69, 9.17) is 4.74 Å². The van der Waals surface area contributed by atoms with Gasteiger partial charge in [-0.2, -0.15) is 0 Å². The molecule has 0 aromatic carbocycles. The summed E-state index contributed by atoms with van der Waals surface area (Å²) in [7, 11) is 0. The number of carboxylic acid groups (broad SMARTS) is 1. The summed E-state index contributed by atoms with van der Waals surface area (Å²) in [6, 6.07) is 0. The molecule has 1 saturated heterocycles. The summed E-state index contributed by atoms with van der Waals surface area (Å²) in [4.78, 5) is 37.8. The van der Waals surface area contributed by atoms with Crippen LogP contribution >= 0.6 is 0 Å². The van der Waals surface area contributed by atoms with Gasteiger partial charge in [0.1, 0.15) is 5.54 Å². The second-order valence-corrected chi connectivity index (χ2v) is 7.67. The molecule has 2 aliphatic rings. The lowest BCUT2D eigenvalue weighted by molar-refractivity contribution is -0.150. The molecule has 1 saturated carbocycles. The van der Waals surface area contributed by atoms with Crippen LogP contribution in [0.25, 0.3) is 0 Å². The zero-order chi connectivity index (χ0) is 18.4. The largest absolute Gasteiger partial charge is 0.480 e. The number of ether oxygens (including phenoxy) is 1. The standard InChI is InChI=1S/C18H30N2O5/c1-13(2)12-25-17(24)20-10-6-14(7-11-20)15(21)19-18(16(22)23)8-4-3-5-9-18/h13-14H,3-12H2,1-2H3,(H,19,21)(H,22,23). The monoisotopic (exact) mass is 354 g/mol. The average molecular weight is 354 g/mol. The Morgan fingerprint density at radius 1 is 1.16 bits per heavy atom. The van der Waals surface area contributed by atoms with Crippen LogP contribution in [0.4, 0.5) is 4.79 Å². The van der Waals surface area contributed by atoms with Gasteiger partial charge in [0.15, 0.2) is 0 Å². The lowest BCUT2D eigenvalue weighted by atomic mass is 9.81. The molecule has 1 aliphatic carbocycles. The Bertz CT molecular complexity index is 492. The molecule has 0 radical (unpaired) electrons. The van der Waals surface area contributed by atoms with Gasteiger partial charge >= 0.3 is 12.1 Å². The maximum atomic E-state index is 12.6. The highest BCUT2D eigenvalue weighted by Gasteiger charge is 2.42. The smallest absolute Gasteiger partial charge is 0.409 e. The first kappa shape index (κ1) is 19.5. The summed E-state index contributed by atoms with van der Waals surface area (Å²) in [6.07, 6.45) is 4.41. The number of nitrogens with one attached hydrogen (secondary N) is 1. The molecule has 0 aromatic rings. The van der Waals surface area contributed by atoms with E-state index in [1.54, 1.807) is 4.90 Å². The van der Waals surface area contributed by atoms with E-state index in [0.29, 0.717) is 45.4 Å². The third-order valence-corrected chi connectivity index (χ3v) is 5.14. The van der Waals surface area contributed by atoms with Gasteiger partial charge < -0.3 is 20.1 Å². The van der Waals surface area contributed by atoms with Crippen LogP contribution in [0.1, 0.15) is 58.8 Å². The van der Waals surface area contributed by atoms with Crippen molar-refractivity contribution in [2.45, 2.75) is 64.3 Å². The van der Waals surface area contributed by atoms with Crippen molar-refractivity contribution in [1.29, 1.82) is 0 Å². The Morgan fingerprint density at radius 2 is 1.76 bits per heavy atom. The minimum Gasteiger partial charge on any atom is -0.480 e. The second kappa shape index (κ2) is 8.54. The van der Waals surface area contributed by atoms with E-state index >= 15 is 0 Å². The third kappa shape index (κ3) is 5.09. The van der Waals surface area contributed by atoms with Crippen molar-refractivity contribution >= 4 is 18.0 Å². The normalized spacial score (nSPS) is 21.0. The Balaban J connectivity index is 1.84. The van der Waals surface area contributed by atoms with Crippen molar-refractivity contribution in [1.82, 2.24) is 10.2 Å². The van der Waals surface area contributed by atoms with Crippen molar-refractivity contribution in [3.8, 4) is 0 Å². The van der Waals surface area contributed by atoms with Crippen molar-refractivity contribution in [2.75, 3.05) is 19.7 Å². The van der Waals surface area contributed by atoms with Crippen LogP contribution < -0.4 is 5.32 Å². The number of carbonyl (C=O) groups excluding carboxylic acids is 2. The Morgan fingerprint density at radius 3 is 2.28 bits per heavy atom. The number of amides is 2. The lowest BCUT2D eigenvalue weighted by Gasteiger charge is -2.37. The molecule has 2 amide bonds. The first-order valence-corrected chi connectivity index (χ1v) is 9.31. The van der Waals surface area contributed by atoms with E-state index in [1.807, 2.05) is 13.8 Å². The number of rotatable bonds is 5. The van der Waals surface area contributed by atoms with E-state index in [9.17, 15) is 19.5 Å². The van der Waals surface area contributed by atoms with E-state index in [2.05, 4.69) is 5.32 Å². The van der Waals surface area contributed by atoms with Gasteiger partial charge in [-0.1, -0.05) is 33.1 Å². The first-order valence-electron chi connectivity index (χ1n) is 9.31. The Hall–Kier alpha value is -1.79. The van der Waals surface area contributed by atoms with Crippen LogP contribution in [0.5, 0.6) is 0 Å². The maximum Gasteiger partial charge on any atom is 0.409 e. The minimum atomic E-state index is -1.11. The number of carbonyl (C=O) groups is 3. The quantitative estimate of drug-likeness (QED) is 0.790. The highest BCUT2D eigenvalue weighted by atomic mass is 16.6. The van der Waals surface area contributed by atoms with Crippen LogP contribution in [0.2, 0.25) is 0 Å². The summed E-state index contributed by atoms with van der Waals surface area (Å²) < 4.78 is 5.22. The molecule has 2 rings (SSSR count). The zero-order valence-electron chi connectivity index (χ0n) is 15.3. The topological polar surface area (TPSA) is 95.9 Å². The van der Waals surface area contributed by atoms with E-state index < -0.39 is 11.5 Å². The molecule has 7 nitrogen and oxygen atoms in total. The number of carboxylic acids is 1. The summed E-state index contributed by atoms with van der Waals surface area (Å²) in [5, 5.41) is 12.4. The molecule has 0 aromatic heterocycles. The van der Waals surface area contributed by atoms with Crippen molar-refractivity contribution < 1.29 is 24.2 Å². The Kier molecular flexibility index (Phi) is 6.67. The summed E-state index contributed by atoms with van der Waals surface area (Å²) in [5.74, 6) is -1.09. The zero-order valence-corrected chi connectivity index (χ0v) is 15.3. The van der Waals surface area contributed by atoms with Gasteiger partial charge in [0.2, 0.25) is 5.91 Å². The molecule has 142 valence electrons. The van der Waals surface area contributed by atoms with Gasteiger partial charge in [-0.15, -0.1) is 0 Å². The van der Waals surface area contributed by atoms with E-state index in [-0.39, 0.29) is 23.8 Å². The second-order valence-electron chi connectivity index (χ2n) is 7.67. The predicted octanol–water partition coefficient (Wildman–Crippen LogP) is 2.39. The number of piperidine rings is 1. The number of hydrogen-bond acceptors (Lipinski definition) is 4. The molecule has 0 bridgehead atoms. The molecule has 25 heavy (non-hydrogen) atoms. The molecular weight excluding hydrogens is 324 g/mol. The molecule has 2 fully saturated rings. The van der Waals surface area contributed by atoms with E-state index in [1.165, 1.54) is 0 Å². The fourth-order valence-electron chi connectivity index (χ4n) is 3.54. The highest BCUT2D eigenvalue weighted by Crippen LogP contribution is 2.29. The fourth-order valence-corrected chi connectivity index (χ4v) is 3.54. The van der Waals surface area contributed by atoms with Gasteiger partial charge in [-0.05, 0) is 31.6 Å². The van der Waals surface area contributed by atoms with Gasteiger partial charge in [-0.3, -0.25) is 4.79 Å². The number of hydrogen-bond donors (Lipinski definition) is 2. The van der Waals surface area contributed by atoms with Crippen LogP contribution in [0, 0.1) is 11.8 Å². The average Bonchev–Trinajstić information content (AvgIpc) is 2.60. The van der Waals surface area contributed by atoms with E-state index in [0.717, 1.165) is 19.3 Å². The molecule has 0 atom stereocenters. The molecular formula is C18H30N2O5. The predicted molar refractivity (Wildman–Crippen MR) is 92.1 cm³/mol. The number of nitrogens with zero attached hydrogens (tertiary/aromatic N) is 1. The third-order valence-electron chi connectivity index (χ3n) is 5.14. The summed E-state index contributed by atoms with van der Waals surface area (Å²) in [5.41, 5.74) is -1.11. The number of aliphatic carboxylic acids is 1. The summed E-state index contributed by atoms with van der Waals surface area (Å²) >= 11 is 0. The van der Waals surface area contributed by atoms with Gasteiger partial charge in [0.05, 0.1) is 6.61 Å². The number of likely N-dealkylation sites (tertiary alicyclic amines) is 1. The van der Waals surface area contributed by atoms with Crippen molar-refractivity contribution in [3.63, 3.8) is 0 Å². The maximum absolute atomic E-state index is 12.6. The van der Waals surface area contributed by atoms with Crippen molar-refractivity contribution in [2.24, 2.45) is 11.8 Å². The SMILES string of the molecule is CC(C)COC(=O)N1CCC(C(=O)NC2(C(=O)O)CCCCC2)CC1. The molecule has 7 heteroatoms. The Labute approximate surface area is 149 Å². The van der Waals surface area contributed by atoms with Crippen LogP contribution in [0.15, 0.2) is 0 Å². The fraction of sp³-hybridized carbons (Fsp3) is 0.833. The minimum absolute atomic E-state index is 0.195. The molecule has 2 N–H and O–H groups in total. The summed E-state index contributed by atoms with van der Waals surface area (Å²) in [6.45, 7) is 5.28. The lowest BCUT2D eigenvalue weighted by Crippen LogP contribution is -2.57. The molecule has 0 spiro atoms. The molecule has 1 heterocycles. The van der Waals surface area contributed by atoms with Gasteiger partial charge in [0.25, 0.3) is 0 Å². The molecule has 0 unspecified atom stereocenters. The highest BCUT2D eigenvalue weighted by molar-refractivity contribution is 5.88.